The van der Waals surface area contributed by atoms with Crippen molar-refractivity contribution in [3.63, 3.8) is 0 Å². The SMILES string of the molecule is CNC(=O)[C@@H](Cc1ccccc1)N(Cc1ccccc1)C(=O)CN(c1cccc(OC)c1)S(=O)(=O)c1ccccc1. The molecule has 0 aliphatic rings. The number of methoxy groups -OCH3 is 1. The predicted molar refractivity (Wildman–Crippen MR) is 159 cm³/mol. The number of ether oxygens (including phenoxy) is 1. The van der Waals surface area contributed by atoms with Gasteiger partial charge in [0.1, 0.15) is 18.3 Å². The van der Waals surface area contributed by atoms with Gasteiger partial charge in [-0.05, 0) is 35.4 Å². The minimum atomic E-state index is -4.16. The first kappa shape index (κ1) is 29.4. The highest BCUT2D eigenvalue weighted by atomic mass is 32.2. The van der Waals surface area contributed by atoms with E-state index in [0.29, 0.717) is 5.75 Å². The number of carbonyl (C=O) groups excluding carboxylic acids is 2. The molecule has 2 amide bonds. The normalized spacial score (nSPS) is 11.8. The summed E-state index contributed by atoms with van der Waals surface area (Å²) in [5.41, 5.74) is 1.94. The van der Waals surface area contributed by atoms with Crippen LogP contribution in [0.2, 0.25) is 0 Å². The maximum atomic E-state index is 14.2. The summed E-state index contributed by atoms with van der Waals surface area (Å²) >= 11 is 0. The van der Waals surface area contributed by atoms with Gasteiger partial charge in [-0.15, -0.1) is 0 Å². The van der Waals surface area contributed by atoms with Gasteiger partial charge >= 0.3 is 0 Å². The summed E-state index contributed by atoms with van der Waals surface area (Å²) in [6, 6.07) is 32.3. The summed E-state index contributed by atoms with van der Waals surface area (Å²) in [6.45, 7) is -0.415. The van der Waals surface area contributed by atoms with Gasteiger partial charge in [-0.25, -0.2) is 8.42 Å². The fourth-order valence-electron chi connectivity index (χ4n) is 4.51. The number of anilines is 1. The quantitative estimate of drug-likeness (QED) is 0.274. The van der Waals surface area contributed by atoms with Crippen LogP contribution >= 0.6 is 0 Å². The molecule has 0 aliphatic carbocycles. The summed E-state index contributed by atoms with van der Waals surface area (Å²) in [4.78, 5) is 29.0. The first-order valence-corrected chi connectivity index (χ1v) is 14.6. The highest BCUT2D eigenvalue weighted by Gasteiger charge is 2.34. The zero-order valence-electron chi connectivity index (χ0n) is 23.0. The van der Waals surface area contributed by atoms with Gasteiger partial charge in [0.05, 0.1) is 17.7 Å². The molecule has 0 saturated heterocycles. The first-order chi connectivity index (χ1) is 19.8. The van der Waals surface area contributed by atoms with Crippen molar-refractivity contribution in [1.82, 2.24) is 10.2 Å². The standard InChI is InChI=1S/C32H33N3O5S/c1-33-32(37)30(21-25-13-6-3-7-14-25)34(23-26-15-8-4-9-16-26)31(36)24-35(27-17-12-18-28(22-27)40-2)41(38,39)29-19-10-5-11-20-29/h3-20,22,30H,21,23-24H2,1-2H3,(H,33,37)/t30-/m1/s1. The maximum absolute atomic E-state index is 14.2. The lowest BCUT2D eigenvalue weighted by Gasteiger charge is -2.33. The fraction of sp³-hybridized carbons (Fsp3) is 0.188. The van der Waals surface area contributed by atoms with Crippen LogP contribution in [-0.2, 0) is 32.6 Å². The van der Waals surface area contributed by atoms with Crippen molar-refractivity contribution in [3.8, 4) is 5.75 Å². The molecule has 8 nitrogen and oxygen atoms in total. The number of rotatable bonds is 12. The number of amides is 2. The Labute approximate surface area is 241 Å². The Kier molecular flexibility index (Phi) is 9.76. The van der Waals surface area contributed by atoms with E-state index in [1.807, 2.05) is 60.7 Å². The number of likely N-dealkylation sites (N-methyl/N-ethyl adjacent to an activating group) is 1. The van der Waals surface area contributed by atoms with Gasteiger partial charge in [0, 0.05) is 26.1 Å². The van der Waals surface area contributed by atoms with Crippen LogP contribution < -0.4 is 14.4 Å². The molecule has 9 heteroatoms. The topological polar surface area (TPSA) is 96.0 Å². The monoisotopic (exact) mass is 571 g/mol. The van der Waals surface area contributed by atoms with E-state index in [9.17, 15) is 18.0 Å². The molecule has 41 heavy (non-hydrogen) atoms. The minimum absolute atomic E-state index is 0.0392. The third-order valence-corrected chi connectivity index (χ3v) is 8.45. The second kappa shape index (κ2) is 13.6. The van der Waals surface area contributed by atoms with Gasteiger partial charge in [0.25, 0.3) is 10.0 Å². The number of benzene rings is 4. The van der Waals surface area contributed by atoms with Crippen LogP contribution in [0, 0.1) is 0 Å². The molecule has 212 valence electrons. The van der Waals surface area contributed by atoms with Crippen LogP contribution in [-0.4, -0.2) is 51.9 Å². The summed E-state index contributed by atoms with van der Waals surface area (Å²) in [5, 5.41) is 2.68. The molecule has 4 aromatic rings. The van der Waals surface area contributed by atoms with Gasteiger partial charge in [-0.1, -0.05) is 84.9 Å². The van der Waals surface area contributed by atoms with Crippen molar-refractivity contribution < 1.29 is 22.7 Å². The van der Waals surface area contributed by atoms with Crippen LogP contribution in [0.1, 0.15) is 11.1 Å². The Hall–Kier alpha value is -4.63. The van der Waals surface area contributed by atoms with Crippen molar-refractivity contribution in [2.75, 3.05) is 25.0 Å². The summed E-state index contributed by atoms with van der Waals surface area (Å²) in [6.07, 6.45) is 0.254. The smallest absolute Gasteiger partial charge is 0.264 e. The fourth-order valence-corrected chi connectivity index (χ4v) is 5.94. The number of hydrogen-bond acceptors (Lipinski definition) is 5. The van der Waals surface area contributed by atoms with E-state index in [1.165, 1.54) is 31.2 Å². The molecule has 0 aliphatic heterocycles. The Balaban J connectivity index is 1.78. The average molecular weight is 572 g/mol. The zero-order chi connectivity index (χ0) is 29.2. The molecule has 0 radical (unpaired) electrons. The Morgan fingerprint density at radius 1 is 0.805 bits per heavy atom. The second-order valence-electron chi connectivity index (χ2n) is 9.35. The molecule has 0 aromatic heterocycles. The maximum Gasteiger partial charge on any atom is 0.264 e. The molecule has 4 aromatic carbocycles. The molecule has 0 bridgehead atoms. The summed E-state index contributed by atoms with van der Waals surface area (Å²) < 4.78 is 34.3. The van der Waals surface area contributed by atoms with Gasteiger partial charge in [-0.2, -0.15) is 0 Å². The van der Waals surface area contributed by atoms with Gasteiger partial charge in [-0.3, -0.25) is 13.9 Å². The molecule has 0 unspecified atom stereocenters. The third-order valence-electron chi connectivity index (χ3n) is 6.66. The van der Waals surface area contributed by atoms with Crippen LogP contribution in [0.4, 0.5) is 5.69 Å². The van der Waals surface area contributed by atoms with Crippen molar-refractivity contribution in [1.29, 1.82) is 0 Å². The lowest BCUT2D eigenvalue weighted by Crippen LogP contribution is -2.53. The molecular formula is C32H33N3O5S. The number of hydrogen-bond donors (Lipinski definition) is 1. The molecule has 4 rings (SSSR count). The van der Waals surface area contributed by atoms with Gasteiger partial charge in [0.2, 0.25) is 11.8 Å². The molecule has 1 atom stereocenters. The Bertz CT molecular complexity index is 1550. The van der Waals surface area contributed by atoms with Crippen molar-refractivity contribution in [2.45, 2.75) is 23.9 Å². The average Bonchev–Trinajstić information content (AvgIpc) is 3.02. The lowest BCUT2D eigenvalue weighted by molar-refractivity contribution is -0.139. The van der Waals surface area contributed by atoms with Crippen molar-refractivity contribution in [2.24, 2.45) is 0 Å². The van der Waals surface area contributed by atoms with E-state index in [-0.39, 0.29) is 29.5 Å². The lowest BCUT2D eigenvalue weighted by atomic mass is 10.0. The molecular weight excluding hydrogens is 538 g/mol. The van der Waals surface area contributed by atoms with E-state index in [1.54, 1.807) is 42.5 Å². The molecule has 0 heterocycles. The number of nitrogens with one attached hydrogen (secondary N) is 1. The van der Waals surface area contributed by atoms with Crippen molar-refractivity contribution >= 4 is 27.5 Å². The van der Waals surface area contributed by atoms with Gasteiger partial charge < -0.3 is 15.0 Å². The van der Waals surface area contributed by atoms with Crippen LogP contribution in [0.25, 0.3) is 0 Å². The molecule has 1 N–H and O–H groups in total. The first-order valence-electron chi connectivity index (χ1n) is 13.1. The van der Waals surface area contributed by atoms with E-state index in [0.717, 1.165) is 15.4 Å². The summed E-state index contributed by atoms with van der Waals surface area (Å²) in [7, 11) is -1.15. The molecule has 0 fully saturated rings. The zero-order valence-corrected chi connectivity index (χ0v) is 23.8. The van der Waals surface area contributed by atoms with Crippen LogP contribution in [0.5, 0.6) is 5.75 Å². The number of nitrogens with zero attached hydrogens (tertiary/aromatic N) is 2. The molecule has 0 saturated carbocycles. The Morgan fingerprint density at radius 3 is 1.98 bits per heavy atom. The van der Waals surface area contributed by atoms with Gasteiger partial charge in [0.15, 0.2) is 0 Å². The number of carbonyl (C=O) groups is 2. The van der Waals surface area contributed by atoms with E-state index in [4.69, 9.17) is 4.74 Å². The third kappa shape index (κ3) is 7.32. The number of sulfonamides is 1. The van der Waals surface area contributed by atoms with E-state index in [2.05, 4.69) is 5.32 Å². The van der Waals surface area contributed by atoms with E-state index < -0.39 is 28.5 Å². The van der Waals surface area contributed by atoms with Crippen molar-refractivity contribution in [3.05, 3.63) is 126 Å². The summed E-state index contributed by atoms with van der Waals surface area (Å²) in [5.74, 6) is -0.436. The predicted octanol–water partition coefficient (Wildman–Crippen LogP) is 4.28. The Morgan fingerprint density at radius 2 is 1.39 bits per heavy atom. The van der Waals surface area contributed by atoms with Crippen LogP contribution in [0.3, 0.4) is 0 Å². The highest BCUT2D eigenvalue weighted by molar-refractivity contribution is 7.92. The minimum Gasteiger partial charge on any atom is -0.497 e. The largest absolute Gasteiger partial charge is 0.497 e. The second-order valence-corrected chi connectivity index (χ2v) is 11.2. The highest BCUT2D eigenvalue weighted by Crippen LogP contribution is 2.28. The van der Waals surface area contributed by atoms with E-state index >= 15 is 0 Å². The van der Waals surface area contributed by atoms with Crippen LogP contribution in [0.15, 0.2) is 120 Å². The molecule has 0 spiro atoms.